The Morgan fingerprint density at radius 2 is 2.08 bits per heavy atom. The minimum Gasteiger partial charge on any atom is -0.465 e. The van der Waals surface area contributed by atoms with Gasteiger partial charge in [0.15, 0.2) is 0 Å². The van der Waals surface area contributed by atoms with Crippen molar-refractivity contribution in [3.05, 3.63) is 46.3 Å². The topological polar surface area (TPSA) is 110 Å². The number of para-hydroxylation sites is 1. The lowest BCUT2D eigenvalue weighted by Gasteiger charge is -2.18. The van der Waals surface area contributed by atoms with E-state index in [1.807, 2.05) is 6.92 Å². The Bertz CT molecular complexity index is 796. The highest BCUT2D eigenvalue weighted by Crippen LogP contribution is 2.33. The van der Waals surface area contributed by atoms with Gasteiger partial charge in [-0.2, -0.15) is 0 Å². The lowest BCUT2D eigenvalue weighted by molar-refractivity contribution is -0.383. The number of benzene rings is 1. The smallest absolute Gasteiger partial charge is 0.353 e. The van der Waals surface area contributed by atoms with E-state index >= 15 is 0 Å². The van der Waals surface area contributed by atoms with Crippen molar-refractivity contribution in [2.75, 3.05) is 30.9 Å². The first-order valence-corrected chi connectivity index (χ1v) is 8.14. The van der Waals surface area contributed by atoms with Crippen LogP contribution in [0.15, 0.2) is 30.6 Å². The largest absolute Gasteiger partial charge is 0.465 e. The van der Waals surface area contributed by atoms with Crippen molar-refractivity contribution in [1.29, 1.82) is 0 Å². The summed E-state index contributed by atoms with van der Waals surface area (Å²) in [5.41, 5.74) is 0.373. The van der Waals surface area contributed by atoms with Crippen LogP contribution in [0.4, 0.5) is 23.0 Å². The van der Waals surface area contributed by atoms with Crippen LogP contribution in [0.3, 0.4) is 0 Å². The second-order valence-corrected chi connectivity index (χ2v) is 5.59. The Kier molecular flexibility index (Phi) is 6.42. The molecule has 9 heteroatoms. The molecule has 0 fully saturated rings. The maximum Gasteiger partial charge on any atom is 0.353 e. The second kappa shape index (κ2) is 8.75. The van der Waals surface area contributed by atoms with E-state index in [0.29, 0.717) is 12.2 Å². The molecule has 1 aromatic heterocycles. The number of methoxy groups -OCH3 is 1. The summed E-state index contributed by atoms with van der Waals surface area (Å²) in [6.45, 7) is 2.67. The van der Waals surface area contributed by atoms with E-state index in [1.54, 1.807) is 36.2 Å². The number of hydrogen-bond acceptors (Lipinski definition) is 8. The molecular formula is C17H21N5O4. The molecule has 0 radical (unpaired) electrons. The number of carbonyl (C=O) groups is 1. The van der Waals surface area contributed by atoms with Gasteiger partial charge in [0.1, 0.15) is 6.33 Å². The molecule has 2 rings (SSSR count). The molecule has 9 nitrogen and oxygen atoms in total. The molecule has 0 aliphatic heterocycles. The summed E-state index contributed by atoms with van der Waals surface area (Å²) in [5.74, 6) is -0.318. The zero-order valence-corrected chi connectivity index (χ0v) is 14.9. The number of nitrogens with one attached hydrogen (secondary N) is 1. The molecule has 0 amide bonds. The van der Waals surface area contributed by atoms with Gasteiger partial charge >= 0.3 is 11.7 Å². The predicted molar refractivity (Wildman–Crippen MR) is 97.9 cm³/mol. The summed E-state index contributed by atoms with van der Waals surface area (Å²) < 4.78 is 4.74. The SMILES string of the molecule is CCCCN(C)c1ncnc(Nc2ccccc2C(=O)OC)c1[N+](=O)[O-]. The summed E-state index contributed by atoms with van der Waals surface area (Å²) >= 11 is 0. The Labute approximate surface area is 151 Å². The van der Waals surface area contributed by atoms with Crippen LogP contribution in [-0.4, -0.2) is 41.6 Å². The van der Waals surface area contributed by atoms with E-state index in [2.05, 4.69) is 15.3 Å². The Morgan fingerprint density at radius 1 is 1.35 bits per heavy atom. The molecule has 2 aromatic rings. The van der Waals surface area contributed by atoms with E-state index in [1.165, 1.54) is 13.4 Å². The van der Waals surface area contributed by atoms with Crippen LogP contribution in [0, 0.1) is 10.1 Å². The third kappa shape index (κ3) is 4.24. The Balaban J connectivity index is 2.45. The maximum atomic E-state index is 11.9. The van der Waals surface area contributed by atoms with Crippen molar-refractivity contribution in [2.24, 2.45) is 0 Å². The van der Waals surface area contributed by atoms with E-state index in [-0.39, 0.29) is 22.9 Å². The summed E-state index contributed by atoms with van der Waals surface area (Å²) in [6.07, 6.45) is 3.10. The maximum absolute atomic E-state index is 11.9. The van der Waals surface area contributed by atoms with Crippen molar-refractivity contribution in [3.63, 3.8) is 0 Å². The zero-order valence-electron chi connectivity index (χ0n) is 14.9. The molecule has 0 unspecified atom stereocenters. The number of anilines is 3. The average Bonchev–Trinajstić information content (AvgIpc) is 2.65. The molecule has 1 N–H and O–H groups in total. The number of nitrogens with zero attached hydrogens (tertiary/aromatic N) is 4. The van der Waals surface area contributed by atoms with E-state index in [0.717, 1.165) is 12.8 Å². The van der Waals surface area contributed by atoms with Crippen LogP contribution >= 0.6 is 0 Å². The fraction of sp³-hybridized carbons (Fsp3) is 0.353. The molecule has 0 saturated heterocycles. The predicted octanol–water partition coefficient (Wildman–Crippen LogP) is 3.15. The normalized spacial score (nSPS) is 10.3. The van der Waals surface area contributed by atoms with Crippen LogP contribution in [-0.2, 0) is 4.74 Å². The highest BCUT2D eigenvalue weighted by atomic mass is 16.6. The van der Waals surface area contributed by atoms with Crippen LogP contribution in [0.5, 0.6) is 0 Å². The Morgan fingerprint density at radius 3 is 2.73 bits per heavy atom. The van der Waals surface area contributed by atoms with Crippen molar-refractivity contribution in [3.8, 4) is 0 Å². The Hall–Kier alpha value is -3.23. The number of rotatable bonds is 8. The molecule has 26 heavy (non-hydrogen) atoms. The van der Waals surface area contributed by atoms with E-state index in [4.69, 9.17) is 4.74 Å². The van der Waals surface area contributed by atoms with Gasteiger partial charge in [0, 0.05) is 13.6 Å². The third-order valence-corrected chi connectivity index (χ3v) is 3.78. The number of carbonyl (C=O) groups excluding carboxylic acids is 1. The van der Waals surface area contributed by atoms with Gasteiger partial charge in [-0.25, -0.2) is 14.8 Å². The number of aromatic nitrogens is 2. The van der Waals surface area contributed by atoms with Crippen molar-refractivity contribution in [2.45, 2.75) is 19.8 Å². The molecule has 1 heterocycles. The van der Waals surface area contributed by atoms with E-state index < -0.39 is 10.9 Å². The zero-order chi connectivity index (χ0) is 19.1. The fourth-order valence-electron chi connectivity index (χ4n) is 2.42. The van der Waals surface area contributed by atoms with Gasteiger partial charge in [0.25, 0.3) is 0 Å². The number of hydrogen-bond donors (Lipinski definition) is 1. The molecule has 0 saturated carbocycles. The lowest BCUT2D eigenvalue weighted by Crippen LogP contribution is -2.21. The van der Waals surface area contributed by atoms with Crippen molar-refractivity contribution >= 4 is 29.0 Å². The summed E-state index contributed by atoms with van der Waals surface area (Å²) in [4.78, 5) is 32.8. The van der Waals surface area contributed by atoms with Gasteiger partial charge in [-0.3, -0.25) is 10.1 Å². The number of unbranched alkanes of at least 4 members (excludes halogenated alkanes) is 1. The molecule has 0 spiro atoms. The first-order chi connectivity index (χ1) is 12.5. The van der Waals surface area contributed by atoms with Crippen LogP contribution in [0.1, 0.15) is 30.1 Å². The van der Waals surface area contributed by atoms with Gasteiger partial charge < -0.3 is 15.0 Å². The first kappa shape index (κ1) is 19.1. The molecule has 0 atom stereocenters. The van der Waals surface area contributed by atoms with Gasteiger partial charge in [0.2, 0.25) is 11.6 Å². The van der Waals surface area contributed by atoms with Gasteiger partial charge in [-0.1, -0.05) is 25.5 Å². The lowest BCUT2D eigenvalue weighted by atomic mass is 10.2. The fourth-order valence-corrected chi connectivity index (χ4v) is 2.42. The van der Waals surface area contributed by atoms with Crippen molar-refractivity contribution < 1.29 is 14.5 Å². The summed E-state index contributed by atoms with van der Waals surface area (Å²) in [6, 6.07) is 6.57. The molecule has 0 bridgehead atoms. The summed E-state index contributed by atoms with van der Waals surface area (Å²) in [5, 5.41) is 14.5. The van der Waals surface area contributed by atoms with Gasteiger partial charge in [-0.15, -0.1) is 0 Å². The third-order valence-electron chi connectivity index (χ3n) is 3.78. The minimum atomic E-state index is -0.551. The van der Waals surface area contributed by atoms with Gasteiger partial charge in [-0.05, 0) is 18.6 Å². The molecular weight excluding hydrogens is 338 g/mol. The van der Waals surface area contributed by atoms with Crippen LogP contribution in [0.25, 0.3) is 0 Å². The average molecular weight is 359 g/mol. The highest BCUT2D eigenvalue weighted by Gasteiger charge is 2.26. The van der Waals surface area contributed by atoms with Crippen molar-refractivity contribution in [1.82, 2.24) is 9.97 Å². The first-order valence-electron chi connectivity index (χ1n) is 8.14. The monoisotopic (exact) mass is 359 g/mol. The standard InChI is InChI=1S/C17H21N5O4/c1-4-5-10-21(2)16-14(22(24)25)15(18-11-19-16)20-13-9-7-6-8-12(13)17(23)26-3/h6-9,11H,4-5,10H2,1-3H3,(H,18,19,20). The van der Waals surface area contributed by atoms with E-state index in [9.17, 15) is 14.9 Å². The van der Waals surface area contributed by atoms with Crippen LogP contribution < -0.4 is 10.2 Å². The molecule has 0 aliphatic carbocycles. The van der Waals surface area contributed by atoms with Gasteiger partial charge in [0.05, 0.1) is 23.3 Å². The quantitative estimate of drug-likeness (QED) is 0.435. The number of nitro groups is 1. The molecule has 1 aromatic carbocycles. The number of esters is 1. The highest BCUT2D eigenvalue weighted by molar-refractivity contribution is 5.96. The second-order valence-electron chi connectivity index (χ2n) is 5.59. The minimum absolute atomic E-state index is 0.0136. The molecule has 138 valence electrons. The molecule has 0 aliphatic rings. The summed E-state index contributed by atoms with van der Waals surface area (Å²) in [7, 11) is 3.02. The number of ether oxygens (including phenoxy) is 1. The van der Waals surface area contributed by atoms with Crippen LogP contribution in [0.2, 0.25) is 0 Å².